The maximum absolute atomic E-state index is 13.2. The number of sulfonamides is 1. The molecule has 3 rings (SSSR count). The summed E-state index contributed by atoms with van der Waals surface area (Å²) in [5.41, 5.74) is 2.61. The number of benzene rings is 2. The Balaban J connectivity index is 1.68. The van der Waals surface area contributed by atoms with Crippen molar-refractivity contribution in [1.29, 1.82) is 0 Å². The molecule has 0 saturated carbocycles. The minimum Gasteiger partial charge on any atom is -0.492 e. The third-order valence-electron chi connectivity index (χ3n) is 5.59. The molecule has 8 heteroatoms. The smallest absolute Gasteiger partial charge is 0.255 e. The van der Waals surface area contributed by atoms with Crippen LogP contribution in [0.5, 0.6) is 5.75 Å². The van der Waals surface area contributed by atoms with Crippen molar-refractivity contribution in [2.45, 2.75) is 49.3 Å². The molecular formula is C24H32N2O4S2. The lowest BCUT2D eigenvalue weighted by molar-refractivity contribution is 0.0758. The minimum atomic E-state index is -3.76. The Bertz CT molecular complexity index is 1050. The molecule has 2 aromatic rings. The molecule has 0 unspecified atom stereocenters. The highest BCUT2D eigenvalue weighted by atomic mass is 32.2. The summed E-state index contributed by atoms with van der Waals surface area (Å²) in [6.07, 6.45) is 6.12. The van der Waals surface area contributed by atoms with Crippen LogP contribution in [0.3, 0.4) is 0 Å². The monoisotopic (exact) mass is 476 g/mol. The third kappa shape index (κ3) is 6.27. The van der Waals surface area contributed by atoms with E-state index in [9.17, 15) is 13.2 Å². The van der Waals surface area contributed by atoms with Crippen LogP contribution in [0.4, 0.5) is 0 Å². The van der Waals surface area contributed by atoms with Crippen LogP contribution in [0.1, 0.15) is 47.2 Å². The summed E-state index contributed by atoms with van der Waals surface area (Å²) in [4.78, 5) is 15.9. The highest BCUT2D eigenvalue weighted by Gasteiger charge is 2.23. The molecule has 1 aliphatic rings. The summed E-state index contributed by atoms with van der Waals surface area (Å²) in [6, 6.07) is 10.7. The Morgan fingerprint density at radius 3 is 2.44 bits per heavy atom. The minimum absolute atomic E-state index is 0.0912. The number of thioether (sulfide) groups is 1. The number of hydrogen-bond donors (Lipinski definition) is 1. The lowest BCUT2D eigenvalue weighted by Crippen LogP contribution is -2.33. The zero-order valence-electron chi connectivity index (χ0n) is 19.0. The molecule has 174 valence electrons. The van der Waals surface area contributed by atoms with Gasteiger partial charge in [0.1, 0.15) is 12.4 Å². The van der Waals surface area contributed by atoms with Gasteiger partial charge in [-0.3, -0.25) is 4.79 Å². The molecule has 0 aliphatic carbocycles. The van der Waals surface area contributed by atoms with E-state index in [1.54, 1.807) is 12.1 Å². The van der Waals surface area contributed by atoms with Crippen molar-refractivity contribution < 1.29 is 17.9 Å². The van der Waals surface area contributed by atoms with Crippen LogP contribution in [0.25, 0.3) is 0 Å². The van der Waals surface area contributed by atoms with Gasteiger partial charge >= 0.3 is 0 Å². The topological polar surface area (TPSA) is 75.7 Å². The number of carbonyl (C=O) groups excluding carboxylic acids is 1. The van der Waals surface area contributed by atoms with E-state index < -0.39 is 10.0 Å². The Labute approximate surface area is 195 Å². The normalized spacial score (nSPS) is 14.8. The molecule has 1 amide bonds. The van der Waals surface area contributed by atoms with Crippen molar-refractivity contribution in [1.82, 2.24) is 9.62 Å². The van der Waals surface area contributed by atoms with Crippen LogP contribution < -0.4 is 9.46 Å². The van der Waals surface area contributed by atoms with E-state index in [0.29, 0.717) is 5.56 Å². The zero-order chi connectivity index (χ0) is 23.1. The fourth-order valence-corrected chi connectivity index (χ4v) is 5.46. The van der Waals surface area contributed by atoms with Gasteiger partial charge in [-0.15, -0.1) is 11.8 Å². The fourth-order valence-electron chi connectivity index (χ4n) is 3.85. The summed E-state index contributed by atoms with van der Waals surface area (Å²) in [6.45, 7) is 5.76. The first-order valence-electron chi connectivity index (χ1n) is 11.0. The lowest BCUT2D eigenvalue weighted by atomic mass is 10.1. The summed E-state index contributed by atoms with van der Waals surface area (Å²) in [5.74, 6) is 0.649. The van der Waals surface area contributed by atoms with E-state index in [-0.39, 0.29) is 24.0 Å². The number of hydrogen-bond acceptors (Lipinski definition) is 5. The number of carbonyl (C=O) groups is 1. The molecule has 1 N–H and O–H groups in total. The quantitative estimate of drug-likeness (QED) is 0.451. The highest BCUT2D eigenvalue weighted by Crippen LogP contribution is 2.26. The van der Waals surface area contributed by atoms with Gasteiger partial charge in [0, 0.05) is 24.5 Å². The molecule has 2 aromatic carbocycles. The van der Waals surface area contributed by atoms with Gasteiger partial charge in [0.25, 0.3) is 5.91 Å². The second-order valence-electron chi connectivity index (χ2n) is 8.08. The number of nitrogens with one attached hydrogen (secondary N) is 1. The van der Waals surface area contributed by atoms with Crippen LogP contribution in [-0.2, 0) is 10.0 Å². The number of nitrogens with zero attached hydrogens (tertiary/aromatic N) is 1. The summed E-state index contributed by atoms with van der Waals surface area (Å²) in [5, 5.41) is 0. The third-order valence-corrected chi connectivity index (χ3v) is 7.84. The molecule has 0 spiro atoms. The molecule has 0 bridgehead atoms. The van der Waals surface area contributed by atoms with Crippen molar-refractivity contribution in [3.63, 3.8) is 0 Å². The molecule has 0 atom stereocenters. The Kier molecular flexibility index (Phi) is 8.62. The summed E-state index contributed by atoms with van der Waals surface area (Å²) in [7, 11) is -3.76. The van der Waals surface area contributed by atoms with Crippen LogP contribution in [-0.4, -0.2) is 51.7 Å². The fraction of sp³-hybridized carbons (Fsp3) is 0.458. The van der Waals surface area contributed by atoms with Crippen LogP contribution in [0, 0.1) is 13.8 Å². The van der Waals surface area contributed by atoms with E-state index in [2.05, 4.69) is 4.72 Å². The predicted octanol–water partition coefficient (Wildman–Crippen LogP) is 4.40. The number of rotatable bonds is 8. The molecule has 1 fully saturated rings. The first kappa shape index (κ1) is 24.6. The van der Waals surface area contributed by atoms with Crippen molar-refractivity contribution in [2.24, 2.45) is 0 Å². The second-order valence-corrected chi connectivity index (χ2v) is 10.7. The van der Waals surface area contributed by atoms with E-state index in [4.69, 9.17) is 4.74 Å². The van der Waals surface area contributed by atoms with Crippen LogP contribution in [0.15, 0.2) is 46.2 Å². The SMILES string of the molecule is CSc1ccc(S(=O)(=O)NCCOc2ccc(C)cc2C)cc1C(=O)N1CCCCCC1. The van der Waals surface area contributed by atoms with Gasteiger partial charge in [-0.05, 0) is 62.8 Å². The molecular weight excluding hydrogens is 444 g/mol. The average molecular weight is 477 g/mol. The van der Waals surface area contributed by atoms with Gasteiger partial charge in [-0.2, -0.15) is 0 Å². The Hall–Kier alpha value is -2.03. The van der Waals surface area contributed by atoms with E-state index in [1.807, 2.05) is 43.2 Å². The van der Waals surface area contributed by atoms with Crippen molar-refractivity contribution in [2.75, 3.05) is 32.5 Å². The summed E-state index contributed by atoms with van der Waals surface area (Å²) < 4.78 is 34.0. The molecule has 0 radical (unpaired) electrons. The molecule has 1 aliphatic heterocycles. The first-order valence-corrected chi connectivity index (χ1v) is 13.7. The lowest BCUT2D eigenvalue weighted by Gasteiger charge is -2.22. The van der Waals surface area contributed by atoms with Crippen molar-refractivity contribution in [3.05, 3.63) is 53.1 Å². The molecule has 1 saturated heterocycles. The van der Waals surface area contributed by atoms with Crippen molar-refractivity contribution >= 4 is 27.7 Å². The zero-order valence-corrected chi connectivity index (χ0v) is 20.7. The average Bonchev–Trinajstić information content (AvgIpc) is 3.06. The van der Waals surface area contributed by atoms with Gasteiger partial charge in [0.2, 0.25) is 10.0 Å². The molecule has 6 nitrogen and oxygen atoms in total. The summed E-state index contributed by atoms with van der Waals surface area (Å²) >= 11 is 1.45. The van der Waals surface area contributed by atoms with Crippen LogP contribution >= 0.6 is 11.8 Å². The number of ether oxygens (including phenoxy) is 1. The Morgan fingerprint density at radius 2 is 1.78 bits per heavy atom. The predicted molar refractivity (Wildman–Crippen MR) is 129 cm³/mol. The number of amides is 1. The Morgan fingerprint density at radius 1 is 1.06 bits per heavy atom. The van der Waals surface area contributed by atoms with Gasteiger partial charge in [-0.25, -0.2) is 13.1 Å². The number of likely N-dealkylation sites (tertiary alicyclic amines) is 1. The van der Waals surface area contributed by atoms with Gasteiger partial charge in [0.15, 0.2) is 0 Å². The maximum atomic E-state index is 13.2. The van der Waals surface area contributed by atoms with E-state index in [1.165, 1.54) is 17.8 Å². The highest BCUT2D eigenvalue weighted by molar-refractivity contribution is 7.98. The molecule has 32 heavy (non-hydrogen) atoms. The van der Waals surface area contributed by atoms with Gasteiger partial charge in [0.05, 0.1) is 10.5 Å². The number of aryl methyl sites for hydroxylation is 2. The molecule has 1 heterocycles. The van der Waals surface area contributed by atoms with Gasteiger partial charge < -0.3 is 9.64 Å². The van der Waals surface area contributed by atoms with Crippen molar-refractivity contribution in [3.8, 4) is 5.75 Å². The second kappa shape index (κ2) is 11.2. The standard InChI is InChI=1S/C24H32N2O4S2/c1-18-8-10-22(19(2)16-18)30-15-12-25-32(28,29)20-9-11-23(31-3)21(17-20)24(27)26-13-6-4-5-7-14-26/h8-11,16-17,25H,4-7,12-15H2,1-3H3. The maximum Gasteiger partial charge on any atom is 0.255 e. The largest absolute Gasteiger partial charge is 0.492 e. The van der Waals surface area contributed by atoms with E-state index in [0.717, 1.165) is 60.5 Å². The van der Waals surface area contributed by atoms with Crippen LogP contribution in [0.2, 0.25) is 0 Å². The first-order chi connectivity index (χ1) is 15.3. The molecule has 0 aromatic heterocycles. The van der Waals surface area contributed by atoms with Gasteiger partial charge in [-0.1, -0.05) is 30.5 Å². The van der Waals surface area contributed by atoms with E-state index >= 15 is 0 Å².